The number of allylic oxidation sites excluding steroid dienone is 1. The molecule has 0 radical (unpaired) electrons. The summed E-state index contributed by atoms with van der Waals surface area (Å²) in [6, 6.07) is 12.3. The van der Waals surface area contributed by atoms with Crippen molar-refractivity contribution in [1.82, 2.24) is 0 Å². The van der Waals surface area contributed by atoms with Gasteiger partial charge in [0.2, 0.25) is 0 Å². The Morgan fingerprint density at radius 3 is 2.37 bits per heavy atom. The van der Waals surface area contributed by atoms with E-state index in [9.17, 15) is 0 Å². The van der Waals surface area contributed by atoms with Gasteiger partial charge in [0.25, 0.3) is 0 Å². The van der Waals surface area contributed by atoms with Crippen molar-refractivity contribution in [3.8, 4) is 22.6 Å². The first kappa shape index (κ1) is 11.8. The summed E-state index contributed by atoms with van der Waals surface area (Å²) in [5.74, 6) is 1.83. The van der Waals surface area contributed by atoms with Crippen molar-refractivity contribution in [2.45, 2.75) is 6.42 Å². The van der Waals surface area contributed by atoms with Crippen molar-refractivity contribution in [2.75, 3.05) is 14.2 Å². The highest BCUT2D eigenvalue weighted by atomic mass is 16.5. The maximum Gasteiger partial charge on any atom is 0.126 e. The SMILES string of the molecule is COc1ccc(-c2ccc(OC)c3c2CC=C3)cc1. The zero-order valence-corrected chi connectivity index (χ0v) is 11.1. The van der Waals surface area contributed by atoms with Gasteiger partial charge >= 0.3 is 0 Å². The third kappa shape index (κ3) is 1.99. The molecule has 0 bridgehead atoms. The molecular weight excluding hydrogens is 236 g/mol. The number of hydrogen-bond acceptors (Lipinski definition) is 2. The summed E-state index contributed by atoms with van der Waals surface area (Å²) < 4.78 is 10.6. The van der Waals surface area contributed by atoms with E-state index >= 15 is 0 Å². The minimum atomic E-state index is 0.882. The van der Waals surface area contributed by atoms with Crippen LogP contribution in [0.1, 0.15) is 11.1 Å². The molecule has 2 aromatic carbocycles. The van der Waals surface area contributed by atoms with Crippen LogP contribution >= 0.6 is 0 Å². The molecule has 0 saturated carbocycles. The van der Waals surface area contributed by atoms with Crippen LogP contribution in [-0.2, 0) is 6.42 Å². The first-order chi connectivity index (χ1) is 9.33. The first-order valence-electron chi connectivity index (χ1n) is 6.34. The van der Waals surface area contributed by atoms with Gasteiger partial charge in [-0.1, -0.05) is 30.4 Å². The van der Waals surface area contributed by atoms with Gasteiger partial charge < -0.3 is 9.47 Å². The maximum absolute atomic E-state index is 5.41. The summed E-state index contributed by atoms with van der Waals surface area (Å²) in [7, 11) is 3.40. The van der Waals surface area contributed by atoms with Crippen LogP contribution in [-0.4, -0.2) is 14.2 Å². The smallest absolute Gasteiger partial charge is 0.126 e. The second kappa shape index (κ2) is 4.81. The molecule has 3 rings (SSSR count). The van der Waals surface area contributed by atoms with E-state index in [1.54, 1.807) is 14.2 Å². The number of benzene rings is 2. The molecule has 2 nitrogen and oxygen atoms in total. The van der Waals surface area contributed by atoms with Crippen LogP contribution in [0.25, 0.3) is 17.2 Å². The lowest BCUT2D eigenvalue weighted by molar-refractivity contribution is 0.413. The van der Waals surface area contributed by atoms with Gasteiger partial charge in [-0.2, -0.15) is 0 Å². The minimum absolute atomic E-state index is 0.882. The van der Waals surface area contributed by atoms with Gasteiger partial charge in [0.15, 0.2) is 0 Å². The van der Waals surface area contributed by atoms with Crippen LogP contribution in [0, 0.1) is 0 Å². The van der Waals surface area contributed by atoms with Gasteiger partial charge in [-0.3, -0.25) is 0 Å². The molecule has 1 aliphatic rings. The Balaban J connectivity index is 2.09. The number of ether oxygens (including phenoxy) is 2. The van der Waals surface area contributed by atoms with E-state index in [2.05, 4.69) is 30.4 Å². The van der Waals surface area contributed by atoms with Gasteiger partial charge in [0, 0.05) is 5.56 Å². The molecule has 0 fully saturated rings. The normalized spacial score (nSPS) is 12.3. The Kier molecular flexibility index (Phi) is 3.00. The van der Waals surface area contributed by atoms with Crippen molar-refractivity contribution in [3.05, 3.63) is 53.6 Å². The predicted molar refractivity (Wildman–Crippen MR) is 77.7 cm³/mol. The van der Waals surface area contributed by atoms with Crippen LogP contribution in [0.3, 0.4) is 0 Å². The third-order valence-corrected chi connectivity index (χ3v) is 3.54. The molecule has 2 aromatic rings. The Labute approximate surface area is 113 Å². The number of methoxy groups -OCH3 is 2. The van der Waals surface area contributed by atoms with Gasteiger partial charge in [-0.15, -0.1) is 0 Å². The topological polar surface area (TPSA) is 18.5 Å². The zero-order valence-electron chi connectivity index (χ0n) is 11.1. The van der Waals surface area contributed by atoms with E-state index < -0.39 is 0 Å². The quantitative estimate of drug-likeness (QED) is 0.823. The molecule has 2 heteroatoms. The fourth-order valence-electron chi connectivity index (χ4n) is 2.56. The van der Waals surface area contributed by atoms with Gasteiger partial charge in [-0.25, -0.2) is 0 Å². The van der Waals surface area contributed by atoms with E-state index in [1.165, 1.54) is 22.3 Å². The summed E-state index contributed by atoms with van der Waals surface area (Å²) in [5.41, 5.74) is 5.02. The monoisotopic (exact) mass is 252 g/mol. The zero-order chi connectivity index (χ0) is 13.2. The average molecular weight is 252 g/mol. The largest absolute Gasteiger partial charge is 0.497 e. The molecule has 0 N–H and O–H groups in total. The Hall–Kier alpha value is -2.22. The van der Waals surface area contributed by atoms with E-state index in [-0.39, 0.29) is 0 Å². The van der Waals surface area contributed by atoms with Gasteiger partial charge in [0.05, 0.1) is 14.2 Å². The van der Waals surface area contributed by atoms with Gasteiger partial charge in [-0.05, 0) is 41.3 Å². The molecule has 0 spiro atoms. The molecule has 1 aliphatic carbocycles. The molecule has 0 aliphatic heterocycles. The molecule has 0 heterocycles. The number of rotatable bonds is 3. The van der Waals surface area contributed by atoms with Crippen molar-refractivity contribution < 1.29 is 9.47 Å². The van der Waals surface area contributed by atoms with Crippen LogP contribution in [0.15, 0.2) is 42.5 Å². The standard InChI is InChI=1S/C17H16O2/c1-18-13-8-6-12(7-9-13)14-10-11-17(19-2)16-5-3-4-15(14)16/h3,5-11H,4H2,1-2H3. The predicted octanol–water partition coefficient (Wildman–Crippen LogP) is 3.94. The summed E-state index contributed by atoms with van der Waals surface area (Å²) in [5, 5.41) is 0. The van der Waals surface area contributed by atoms with E-state index in [4.69, 9.17) is 9.47 Å². The van der Waals surface area contributed by atoms with Crippen LogP contribution < -0.4 is 9.47 Å². The van der Waals surface area contributed by atoms with Crippen LogP contribution in [0.4, 0.5) is 0 Å². The second-order valence-electron chi connectivity index (χ2n) is 4.54. The first-order valence-corrected chi connectivity index (χ1v) is 6.34. The van der Waals surface area contributed by atoms with Crippen LogP contribution in [0.5, 0.6) is 11.5 Å². The van der Waals surface area contributed by atoms with Crippen molar-refractivity contribution in [1.29, 1.82) is 0 Å². The summed E-state index contributed by atoms with van der Waals surface area (Å²) >= 11 is 0. The Morgan fingerprint density at radius 1 is 0.895 bits per heavy atom. The molecule has 0 amide bonds. The van der Waals surface area contributed by atoms with Crippen molar-refractivity contribution in [2.24, 2.45) is 0 Å². The minimum Gasteiger partial charge on any atom is -0.497 e. The molecule has 0 atom stereocenters. The van der Waals surface area contributed by atoms with E-state index in [0.717, 1.165) is 17.9 Å². The average Bonchev–Trinajstić information content (AvgIpc) is 2.96. The number of fused-ring (bicyclic) bond motifs is 1. The fourth-order valence-corrected chi connectivity index (χ4v) is 2.56. The fraction of sp³-hybridized carbons (Fsp3) is 0.176. The lowest BCUT2D eigenvalue weighted by atomic mass is 9.96. The summed E-state index contributed by atoms with van der Waals surface area (Å²) in [4.78, 5) is 0. The highest BCUT2D eigenvalue weighted by molar-refractivity contribution is 5.79. The highest BCUT2D eigenvalue weighted by Gasteiger charge is 2.15. The molecule has 0 unspecified atom stereocenters. The summed E-state index contributed by atoms with van der Waals surface area (Å²) in [6.45, 7) is 0. The Morgan fingerprint density at radius 2 is 1.68 bits per heavy atom. The molecular formula is C17H16O2. The molecule has 19 heavy (non-hydrogen) atoms. The molecule has 0 saturated heterocycles. The van der Waals surface area contributed by atoms with E-state index in [1.807, 2.05) is 18.2 Å². The second-order valence-corrected chi connectivity index (χ2v) is 4.54. The molecule has 0 aromatic heterocycles. The van der Waals surface area contributed by atoms with Crippen molar-refractivity contribution in [3.63, 3.8) is 0 Å². The third-order valence-electron chi connectivity index (χ3n) is 3.54. The molecule has 96 valence electrons. The highest BCUT2D eigenvalue weighted by Crippen LogP contribution is 2.37. The summed E-state index contributed by atoms with van der Waals surface area (Å²) in [6.07, 6.45) is 5.29. The van der Waals surface area contributed by atoms with Crippen LogP contribution in [0.2, 0.25) is 0 Å². The lowest BCUT2D eigenvalue weighted by Crippen LogP contribution is -1.93. The maximum atomic E-state index is 5.41. The Bertz CT molecular complexity index is 624. The van der Waals surface area contributed by atoms with Crippen molar-refractivity contribution >= 4 is 6.08 Å². The number of hydrogen-bond donors (Lipinski definition) is 0. The lowest BCUT2D eigenvalue weighted by Gasteiger charge is -2.12. The van der Waals surface area contributed by atoms with Gasteiger partial charge in [0.1, 0.15) is 11.5 Å². The van der Waals surface area contributed by atoms with E-state index in [0.29, 0.717) is 0 Å².